The molecule has 0 aliphatic heterocycles. The van der Waals surface area contributed by atoms with E-state index in [1.165, 1.54) is 0 Å². The predicted octanol–water partition coefficient (Wildman–Crippen LogP) is 0.430. The summed E-state index contributed by atoms with van der Waals surface area (Å²) >= 11 is 0. The smallest absolute Gasteiger partial charge is 0.299 e. The van der Waals surface area contributed by atoms with Gasteiger partial charge in [0, 0.05) is 23.4 Å². The van der Waals surface area contributed by atoms with E-state index in [-0.39, 0.29) is 6.54 Å². The molecule has 0 atom stereocenters. The summed E-state index contributed by atoms with van der Waals surface area (Å²) in [6, 6.07) is 0. The molecule has 0 aromatic carbocycles. The van der Waals surface area contributed by atoms with Gasteiger partial charge in [0.2, 0.25) is 0 Å². The Hall–Kier alpha value is -1.34. The quantitative estimate of drug-likeness (QED) is 0.639. The first kappa shape index (κ1) is 13.7. The van der Waals surface area contributed by atoms with E-state index in [4.69, 9.17) is 10.7 Å². The second-order valence-electron chi connectivity index (χ2n) is 3.59. The molecular weight excluding hydrogens is 268 g/mol. The highest BCUT2D eigenvalue weighted by Gasteiger charge is 2.16. The number of halogens is 1. The van der Waals surface area contributed by atoms with Crippen molar-refractivity contribution in [2.75, 3.05) is 0 Å². The lowest BCUT2D eigenvalue weighted by Gasteiger charge is -2.05. The number of nitrogens with one attached hydrogen (secondary N) is 1. The van der Waals surface area contributed by atoms with Crippen molar-refractivity contribution < 1.29 is 8.42 Å². The van der Waals surface area contributed by atoms with Crippen LogP contribution in [0.3, 0.4) is 0 Å². The van der Waals surface area contributed by atoms with E-state index in [2.05, 4.69) is 6.58 Å². The number of aryl methyl sites for hydroxylation is 1. The number of H-pyrrole nitrogens is 1. The summed E-state index contributed by atoms with van der Waals surface area (Å²) in [5.41, 5.74) is -0.865. The van der Waals surface area contributed by atoms with Gasteiger partial charge in [-0.05, 0) is 13.3 Å². The number of nitrogens with zero attached hydrogens (tertiary/aromatic N) is 1. The molecule has 6 nitrogen and oxygen atoms in total. The van der Waals surface area contributed by atoms with Gasteiger partial charge >= 0.3 is 5.69 Å². The number of aromatic nitrogens is 2. The molecule has 0 fully saturated rings. The van der Waals surface area contributed by atoms with Gasteiger partial charge in [0.15, 0.2) is 4.90 Å². The van der Waals surface area contributed by atoms with Crippen LogP contribution in [0.15, 0.2) is 32.8 Å². The molecule has 0 unspecified atom stereocenters. The highest BCUT2D eigenvalue weighted by Crippen LogP contribution is 2.08. The molecule has 0 spiro atoms. The van der Waals surface area contributed by atoms with Crippen molar-refractivity contribution in [2.45, 2.75) is 24.8 Å². The average Bonchev–Trinajstić information content (AvgIpc) is 2.13. The number of rotatable bonds is 4. The van der Waals surface area contributed by atoms with E-state index in [1.807, 2.05) is 4.98 Å². The number of allylic oxidation sites excluding steroid dienone is 1. The predicted molar refractivity (Wildman–Crippen MR) is 63.8 cm³/mol. The molecule has 1 heterocycles. The van der Waals surface area contributed by atoms with Crippen molar-refractivity contribution in [3.05, 3.63) is 39.2 Å². The van der Waals surface area contributed by atoms with E-state index in [1.54, 1.807) is 6.92 Å². The maximum absolute atomic E-state index is 11.4. The summed E-state index contributed by atoms with van der Waals surface area (Å²) in [6.45, 7) is 5.66. The first-order chi connectivity index (χ1) is 7.71. The maximum atomic E-state index is 11.4. The zero-order valence-electron chi connectivity index (χ0n) is 9.07. The van der Waals surface area contributed by atoms with E-state index >= 15 is 0 Å². The third-order valence-electron chi connectivity index (χ3n) is 2.02. The Kier molecular flexibility index (Phi) is 3.94. The Bertz CT molecular complexity index is 656. The molecule has 1 N–H and O–H groups in total. The Morgan fingerprint density at radius 2 is 2.12 bits per heavy atom. The molecule has 8 heteroatoms. The normalized spacial score (nSPS) is 11.4. The van der Waals surface area contributed by atoms with Crippen LogP contribution in [-0.2, 0) is 15.6 Å². The summed E-state index contributed by atoms with van der Waals surface area (Å²) in [5.74, 6) is 0. The molecular formula is C9H11ClN2O4S. The van der Waals surface area contributed by atoms with E-state index in [0.717, 1.165) is 16.3 Å². The Balaban J connectivity index is 3.30. The van der Waals surface area contributed by atoms with Crippen LogP contribution in [-0.4, -0.2) is 18.0 Å². The SMILES string of the molecule is C=C(C)CCn1cc(S(=O)(=O)Cl)c(=O)[nH]c1=O. The molecule has 0 bridgehead atoms. The van der Waals surface area contributed by atoms with Crippen LogP contribution in [0, 0.1) is 0 Å². The van der Waals surface area contributed by atoms with Gasteiger partial charge in [-0.15, -0.1) is 6.58 Å². The second-order valence-corrected chi connectivity index (χ2v) is 6.13. The summed E-state index contributed by atoms with van der Waals surface area (Å²) < 4.78 is 23.2. The number of hydrogen-bond acceptors (Lipinski definition) is 4. The van der Waals surface area contributed by atoms with Crippen LogP contribution in [0.2, 0.25) is 0 Å². The van der Waals surface area contributed by atoms with E-state index in [9.17, 15) is 18.0 Å². The zero-order valence-corrected chi connectivity index (χ0v) is 10.6. The molecule has 94 valence electrons. The van der Waals surface area contributed by atoms with Crippen molar-refractivity contribution in [3.63, 3.8) is 0 Å². The fourth-order valence-corrected chi connectivity index (χ4v) is 2.00. The van der Waals surface area contributed by atoms with Crippen LogP contribution < -0.4 is 11.2 Å². The molecule has 0 saturated carbocycles. The van der Waals surface area contributed by atoms with Crippen LogP contribution in [0.5, 0.6) is 0 Å². The van der Waals surface area contributed by atoms with Gasteiger partial charge in [-0.2, -0.15) is 0 Å². The lowest BCUT2D eigenvalue weighted by atomic mass is 10.2. The molecule has 1 rings (SSSR count). The third-order valence-corrected chi connectivity index (χ3v) is 3.34. The van der Waals surface area contributed by atoms with Crippen LogP contribution >= 0.6 is 10.7 Å². The molecule has 0 aliphatic carbocycles. The highest BCUT2D eigenvalue weighted by atomic mass is 35.7. The largest absolute Gasteiger partial charge is 0.328 e. The Labute approximate surface area is 102 Å². The fraction of sp³-hybridized carbons (Fsp3) is 0.333. The highest BCUT2D eigenvalue weighted by molar-refractivity contribution is 8.13. The van der Waals surface area contributed by atoms with E-state index in [0.29, 0.717) is 6.42 Å². The Morgan fingerprint density at radius 1 is 1.53 bits per heavy atom. The standard InChI is InChI=1S/C9H11ClN2O4S/c1-6(2)3-4-12-5-7(17(10,15)16)8(13)11-9(12)14/h5H,1,3-4H2,2H3,(H,11,13,14). The monoisotopic (exact) mass is 278 g/mol. The van der Waals surface area contributed by atoms with Gasteiger partial charge in [-0.1, -0.05) is 5.57 Å². The molecule has 0 aliphatic rings. The number of aromatic amines is 1. The van der Waals surface area contributed by atoms with Crippen molar-refractivity contribution in [1.29, 1.82) is 0 Å². The summed E-state index contributed by atoms with van der Waals surface area (Å²) in [5, 5.41) is 0. The topological polar surface area (TPSA) is 89.0 Å². The van der Waals surface area contributed by atoms with Gasteiger partial charge in [-0.25, -0.2) is 13.2 Å². The van der Waals surface area contributed by atoms with Gasteiger partial charge in [0.1, 0.15) is 0 Å². The fourth-order valence-electron chi connectivity index (χ4n) is 1.14. The van der Waals surface area contributed by atoms with Crippen LogP contribution in [0.4, 0.5) is 0 Å². The van der Waals surface area contributed by atoms with Crippen LogP contribution in [0.25, 0.3) is 0 Å². The van der Waals surface area contributed by atoms with Crippen LogP contribution in [0.1, 0.15) is 13.3 Å². The Morgan fingerprint density at radius 3 is 2.59 bits per heavy atom. The van der Waals surface area contributed by atoms with E-state index < -0.39 is 25.2 Å². The zero-order chi connectivity index (χ0) is 13.2. The molecule has 0 radical (unpaired) electrons. The average molecular weight is 279 g/mol. The van der Waals surface area contributed by atoms with Crippen molar-refractivity contribution in [2.24, 2.45) is 0 Å². The van der Waals surface area contributed by atoms with Gasteiger partial charge < -0.3 is 0 Å². The molecule has 17 heavy (non-hydrogen) atoms. The van der Waals surface area contributed by atoms with Gasteiger partial charge in [0.05, 0.1) is 0 Å². The first-order valence-corrected chi connectivity index (χ1v) is 6.95. The van der Waals surface area contributed by atoms with Gasteiger partial charge in [0.25, 0.3) is 14.6 Å². The summed E-state index contributed by atoms with van der Waals surface area (Å²) in [6.07, 6.45) is 1.43. The third kappa shape index (κ3) is 3.57. The van der Waals surface area contributed by atoms with Crippen molar-refractivity contribution in [3.8, 4) is 0 Å². The van der Waals surface area contributed by atoms with Crippen molar-refractivity contribution in [1.82, 2.24) is 9.55 Å². The minimum Gasteiger partial charge on any atom is -0.299 e. The van der Waals surface area contributed by atoms with Crippen molar-refractivity contribution >= 4 is 19.7 Å². The molecule has 1 aromatic rings. The molecule has 1 aromatic heterocycles. The summed E-state index contributed by atoms with van der Waals surface area (Å²) in [7, 11) is 0.905. The maximum Gasteiger partial charge on any atom is 0.328 e. The minimum atomic E-state index is -4.16. The lowest BCUT2D eigenvalue weighted by molar-refractivity contribution is 0.596. The first-order valence-electron chi connectivity index (χ1n) is 4.64. The molecule has 0 saturated heterocycles. The van der Waals surface area contributed by atoms with Gasteiger partial charge in [-0.3, -0.25) is 14.3 Å². The lowest BCUT2D eigenvalue weighted by Crippen LogP contribution is -2.32. The molecule has 0 amide bonds. The minimum absolute atomic E-state index is 0.227. The summed E-state index contributed by atoms with van der Waals surface area (Å²) in [4.78, 5) is 23.9. The number of hydrogen-bond donors (Lipinski definition) is 1. The second kappa shape index (κ2) is 4.89.